The van der Waals surface area contributed by atoms with Crippen LogP contribution in [0.15, 0.2) is 73.1 Å². The van der Waals surface area contributed by atoms with Crippen molar-refractivity contribution in [3.05, 3.63) is 89.9 Å². The molecule has 7 rings (SSSR count). The number of amides is 6. The summed E-state index contributed by atoms with van der Waals surface area (Å²) < 4.78 is 7.92. The number of hydrogen-bond acceptors (Lipinski definition) is 8. The molecule has 5 N–H and O–H groups in total. The molecule has 0 bridgehead atoms. The highest BCUT2D eigenvalue weighted by Gasteiger charge is 2.40. The van der Waals surface area contributed by atoms with Gasteiger partial charge < -0.3 is 20.3 Å². The number of H-pyrrole nitrogens is 1. The molecule has 278 valence electrons. The third-order valence-corrected chi connectivity index (χ3v) is 9.47. The molecule has 1 fully saturated rings. The first kappa shape index (κ1) is 35.9. The number of nitrogens with zero attached hydrogens (tertiary/aromatic N) is 4. The Morgan fingerprint density at radius 1 is 0.963 bits per heavy atom. The van der Waals surface area contributed by atoms with Crippen LogP contribution in [0.25, 0.3) is 16.7 Å². The molecule has 0 spiro atoms. The second-order valence-electron chi connectivity index (χ2n) is 14.4. The smallest absolute Gasteiger partial charge is 0.324 e. The molecule has 54 heavy (non-hydrogen) atoms. The van der Waals surface area contributed by atoms with E-state index in [0.717, 1.165) is 22.4 Å². The number of imide groups is 1. The molecule has 2 aliphatic heterocycles. The number of unbranched alkanes of at least 4 members (excludes halogenated alkanes) is 1. The Hall–Kier alpha value is -6.51. The van der Waals surface area contributed by atoms with E-state index in [1.807, 2.05) is 53.1 Å². The fourth-order valence-corrected chi connectivity index (χ4v) is 6.54. The normalized spacial score (nSPS) is 15.6. The Morgan fingerprint density at radius 3 is 2.54 bits per heavy atom. The second-order valence-corrected chi connectivity index (χ2v) is 14.4. The number of fused-ring (bicyclic) bond motifs is 2. The van der Waals surface area contributed by atoms with Gasteiger partial charge in [0.05, 0.1) is 17.6 Å². The molecule has 0 radical (unpaired) electrons. The van der Waals surface area contributed by atoms with E-state index >= 15 is 0 Å². The molecule has 6 amide bonds. The van der Waals surface area contributed by atoms with E-state index in [1.165, 1.54) is 4.90 Å². The minimum atomic E-state index is -0.720. The van der Waals surface area contributed by atoms with E-state index in [9.17, 15) is 24.0 Å². The van der Waals surface area contributed by atoms with Gasteiger partial charge in [-0.15, -0.1) is 0 Å². The monoisotopic (exact) mass is 731 g/mol. The Bertz CT molecular complexity index is 2250. The van der Waals surface area contributed by atoms with Gasteiger partial charge >= 0.3 is 6.03 Å². The number of rotatable bonds is 11. The first-order valence-corrected chi connectivity index (χ1v) is 17.8. The van der Waals surface area contributed by atoms with Gasteiger partial charge in [0.2, 0.25) is 17.7 Å². The van der Waals surface area contributed by atoms with Gasteiger partial charge in [0.1, 0.15) is 18.1 Å². The number of aromatic nitrogens is 4. The van der Waals surface area contributed by atoms with Crippen molar-refractivity contribution in [1.29, 1.82) is 0 Å². The fraction of sp³-hybridized carbons (Fsp3) is 0.308. The summed E-state index contributed by atoms with van der Waals surface area (Å²) in [6.07, 6.45) is 3.68. The van der Waals surface area contributed by atoms with Gasteiger partial charge in [0.25, 0.3) is 5.91 Å². The van der Waals surface area contributed by atoms with Crippen LogP contribution in [0.5, 0.6) is 5.75 Å². The number of ether oxygens (including phenoxy) is 1. The molecule has 2 aliphatic rings. The van der Waals surface area contributed by atoms with Crippen LogP contribution in [-0.2, 0) is 26.3 Å². The minimum Gasteiger partial charge on any atom is -0.494 e. The fourth-order valence-electron chi connectivity index (χ4n) is 6.54. The number of anilines is 3. The lowest BCUT2D eigenvalue weighted by atomic mass is 9.92. The Morgan fingerprint density at radius 2 is 1.78 bits per heavy atom. The molecule has 3 aromatic carbocycles. The van der Waals surface area contributed by atoms with E-state index < -0.39 is 18.0 Å². The number of imidazole rings is 1. The van der Waals surface area contributed by atoms with Gasteiger partial charge in [-0.1, -0.05) is 26.8 Å². The lowest BCUT2D eigenvalue weighted by molar-refractivity contribution is -0.137. The van der Waals surface area contributed by atoms with Crippen LogP contribution < -0.4 is 26.0 Å². The van der Waals surface area contributed by atoms with Gasteiger partial charge in [0, 0.05) is 70.8 Å². The van der Waals surface area contributed by atoms with E-state index in [4.69, 9.17) is 4.74 Å². The number of aromatic amines is 1. The summed E-state index contributed by atoms with van der Waals surface area (Å²) in [6, 6.07) is 18.9. The van der Waals surface area contributed by atoms with Gasteiger partial charge in [0.15, 0.2) is 5.82 Å². The molecule has 1 atom stereocenters. The molecule has 2 aromatic heterocycles. The van der Waals surface area contributed by atoms with Crippen LogP contribution >= 0.6 is 0 Å². The molecule has 1 unspecified atom stereocenters. The van der Waals surface area contributed by atoms with Crippen molar-refractivity contribution in [1.82, 2.24) is 30.0 Å². The highest BCUT2D eigenvalue weighted by atomic mass is 16.5. The van der Waals surface area contributed by atoms with Crippen molar-refractivity contribution in [3.8, 4) is 11.4 Å². The maximum atomic E-state index is 13.1. The van der Waals surface area contributed by atoms with Crippen LogP contribution in [0, 0.1) is 0 Å². The Labute approximate surface area is 310 Å². The molecule has 1 saturated heterocycles. The zero-order valence-corrected chi connectivity index (χ0v) is 30.2. The first-order chi connectivity index (χ1) is 25.9. The van der Waals surface area contributed by atoms with Crippen molar-refractivity contribution in [2.45, 2.75) is 70.9 Å². The summed E-state index contributed by atoms with van der Waals surface area (Å²) in [5.74, 6) is -0.176. The number of carbonyl (C=O) groups is 5. The van der Waals surface area contributed by atoms with Crippen LogP contribution in [0.1, 0.15) is 74.5 Å². The highest BCUT2D eigenvalue weighted by Crippen LogP contribution is 2.32. The minimum absolute atomic E-state index is 0.112. The van der Waals surface area contributed by atoms with Crippen LogP contribution in [-0.4, -0.2) is 67.0 Å². The predicted molar refractivity (Wildman–Crippen MR) is 201 cm³/mol. The van der Waals surface area contributed by atoms with Crippen LogP contribution in [0.4, 0.5) is 22.0 Å². The van der Waals surface area contributed by atoms with Gasteiger partial charge in [-0.2, -0.15) is 5.10 Å². The average Bonchev–Trinajstić information content (AvgIpc) is 3.86. The molecular weight excluding hydrogens is 690 g/mol. The van der Waals surface area contributed by atoms with E-state index in [2.05, 4.69) is 57.2 Å². The summed E-state index contributed by atoms with van der Waals surface area (Å²) >= 11 is 0. The largest absolute Gasteiger partial charge is 0.494 e. The summed E-state index contributed by atoms with van der Waals surface area (Å²) in [6.45, 7) is 6.78. The average molecular weight is 732 g/mol. The Kier molecular flexibility index (Phi) is 9.86. The van der Waals surface area contributed by atoms with Gasteiger partial charge in [-0.25, -0.2) is 9.78 Å². The van der Waals surface area contributed by atoms with Gasteiger partial charge in [-0.3, -0.25) is 39.5 Å². The maximum Gasteiger partial charge on any atom is 0.324 e. The SMILES string of the molecule is CC(C)(C)c1cc(NC(=O)Nc2ccc(-n3cnc4cc(OCCCCC(=O)Nc5cccc6c5CN(C5CCC(=O)NC5=O)C6=O)ccc43)cc2)n[nH]1. The maximum absolute atomic E-state index is 13.1. The summed E-state index contributed by atoms with van der Waals surface area (Å²) in [7, 11) is 0. The third-order valence-electron chi connectivity index (χ3n) is 9.47. The van der Waals surface area contributed by atoms with E-state index in [-0.39, 0.29) is 48.9 Å². The number of hydrogen-bond donors (Lipinski definition) is 5. The van der Waals surface area contributed by atoms with Crippen molar-refractivity contribution >= 4 is 57.9 Å². The summed E-state index contributed by atoms with van der Waals surface area (Å²) in [4.78, 5) is 68.4. The lowest BCUT2D eigenvalue weighted by Crippen LogP contribution is -2.52. The topological polar surface area (TPSA) is 192 Å². The molecule has 4 heterocycles. The van der Waals surface area contributed by atoms with Crippen molar-refractivity contribution in [2.24, 2.45) is 0 Å². The third kappa shape index (κ3) is 7.79. The number of carbonyl (C=O) groups excluding carboxylic acids is 5. The van der Waals surface area contributed by atoms with Gasteiger partial charge in [-0.05, 0) is 67.8 Å². The zero-order valence-electron chi connectivity index (χ0n) is 30.2. The van der Waals surface area contributed by atoms with Crippen LogP contribution in [0.2, 0.25) is 0 Å². The van der Waals surface area contributed by atoms with E-state index in [0.29, 0.717) is 53.5 Å². The summed E-state index contributed by atoms with van der Waals surface area (Å²) in [5.41, 5.74) is 5.60. The highest BCUT2D eigenvalue weighted by molar-refractivity contribution is 6.07. The number of benzene rings is 3. The van der Waals surface area contributed by atoms with Crippen molar-refractivity contribution in [2.75, 3.05) is 22.6 Å². The first-order valence-electron chi connectivity index (χ1n) is 17.8. The van der Waals surface area contributed by atoms with Crippen LogP contribution in [0.3, 0.4) is 0 Å². The Balaban J connectivity index is 0.865. The lowest BCUT2D eigenvalue weighted by Gasteiger charge is -2.29. The van der Waals surface area contributed by atoms with Crippen molar-refractivity contribution < 1.29 is 28.7 Å². The zero-order chi connectivity index (χ0) is 38.0. The molecule has 15 heteroatoms. The summed E-state index contributed by atoms with van der Waals surface area (Å²) in [5, 5.41) is 17.9. The second kappa shape index (κ2) is 14.8. The number of nitrogens with one attached hydrogen (secondary N) is 5. The van der Waals surface area contributed by atoms with E-state index in [1.54, 1.807) is 24.5 Å². The molecule has 0 saturated carbocycles. The molecule has 15 nitrogen and oxygen atoms in total. The molecule has 5 aromatic rings. The standard InChI is InChI=1S/C39H41N9O6/c1-39(2,3)32-20-33(46-45-32)43-38(53)41-23-10-12-24(13-11-23)48-22-40-29-19-25(14-15-30(29)48)54-18-5-4-9-34(49)42-28-8-6-7-26-27(28)21-47(37(26)52)31-16-17-35(50)44-36(31)51/h6-8,10-15,19-20,22,31H,4-5,9,16-18,21H2,1-3H3,(H,42,49)(H,44,50,51)(H3,41,43,45,46,53). The number of piperidine rings is 1. The van der Waals surface area contributed by atoms with Crippen molar-refractivity contribution in [3.63, 3.8) is 0 Å². The molecule has 0 aliphatic carbocycles. The quantitative estimate of drug-likeness (QED) is 0.0851. The number of urea groups is 1. The predicted octanol–water partition coefficient (Wildman–Crippen LogP) is 5.64. The molecular formula is C39H41N9O6.